The Morgan fingerprint density at radius 1 is 1.05 bits per heavy atom. The lowest BCUT2D eigenvalue weighted by molar-refractivity contribution is -0.127. The number of carbonyl (C=O) groups is 2. The van der Waals surface area contributed by atoms with Gasteiger partial charge in [-0.15, -0.1) is 0 Å². The zero-order valence-electron chi connectivity index (χ0n) is 22.2. The van der Waals surface area contributed by atoms with Crippen LogP contribution in [0.1, 0.15) is 61.1 Å². The molecular formula is C27H36Cl2N8O2. The van der Waals surface area contributed by atoms with Gasteiger partial charge in [0.2, 0.25) is 5.91 Å². The molecule has 0 bridgehead atoms. The predicted molar refractivity (Wildman–Crippen MR) is 153 cm³/mol. The third kappa shape index (κ3) is 6.24. The maximum absolute atomic E-state index is 13.3. The van der Waals surface area contributed by atoms with Crippen LogP contribution >= 0.6 is 23.2 Å². The summed E-state index contributed by atoms with van der Waals surface area (Å²) in [6, 6.07) is 8.38. The summed E-state index contributed by atoms with van der Waals surface area (Å²) in [5, 5.41) is 4.01. The quantitative estimate of drug-likeness (QED) is 0.438. The second-order valence-corrected chi connectivity index (χ2v) is 11.5. The fourth-order valence-electron chi connectivity index (χ4n) is 5.86. The van der Waals surface area contributed by atoms with Gasteiger partial charge < -0.3 is 21.7 Å². The molecule has 3 fully saturated rings. The third-order valence-corrected chi connectivity index (χ3v) is 8.59. The van der Waals surface area contributed by atoms with Crippen molar-refractivity contribution in [1.29, 1.82) is 0 Å². The minimum absolute atomic E-state index is 0.00860. The van der Waals surface area contributed by atoms with E-state index in [9.17, 15) is 9.59 Å². The van der Waals surface area contributed by atoms with Crippen LogP contribution in [0.25, 0.3) is 0 Å². The summed E-state index contributed by atoms with van der Waals surface area (Å²) >= 11 is 12.5. The number of nitrogens with one attached hydrogen (secondary N) is 1. The summed E-state index contributed by atoms with van der Waals surface area (Å²) < 4.78 is 0. The highest BCUT2D eigenvalue weighted by molar-refractivity contribution is 6.32. The molecule has 12 heteroatoms. The molecule has 10 nitrogen and oxygen atoms in total. The average molecular weight is 576 g/mol. The van der Waals surface area contributed by atoms with Crippen LogP contribution in [0, 0.1) is 0 Å². The highest BCUT2D eigenvalue weighted by atomic mass is 35.5. The van der Waals surface area contributed by atoms with Crippen molar-refractivity contribution >= 4 is 46.7 Å². The molecule has 2 atom stereocenters. The lowest BCUT2D eigenvalue weighted by Gasteiger charge is -2.48. The Hall–Kier alpha value is -2.66. The number of anilines is 2. The first-order valence-corrected chi connectivity index (χ1v) is 14.4. The zero-order valence-corrected chi connectivity index (χ0v) is 23.7. The van der Waals surface area contributed by atoms with Gasteiger partial charge in [0.05, 0.1) is 0 Å². The molecule has 39 heavy (non-hydrogen) atoms. The number of rotatable bonds is 8. The maximum Gasteiger partial charge on any atom is 0.271 e. The molecule has 1 aromatic carbocycles. The lowest BCUT2D eigenvalue weighted by atomic mass is 9.95. The van der Waals surface area contributed by atoms with E-state index >= 15 is 0 Å². The van der Waals surface area contributed by atoms with E-state index in [-0.39, 0.29) is 28.6 Å². The molecule has 1 aromatic heterocycles. The van der Waals surface area contributed by atoms with Gasteiger partial charge in [-0.05, 0) is 49.8 Å². The van der Waals surface area contributed by atoms with Gasteiger partial charge >= 0.3 is 0 Å². The van der Waals surface area contributed by atoms with Gasteiger partial charge in [-0.25, -0.2) is 9.97 Å². The van der Waals surface area contributed by atoms with E-state index in [0.29, 0.717) is 29.0 Å². The van der Waals surface area contributed by atoms with E-state index in [1.807, 2.05) is 24.3 Å². The number of nitrogens with two attached hydrogens (primary N) is 2. The topological polar surface area (TPSA) is 134 Å². The fourth-order valence-corrected chi connectivity index (χ4v) is 6.24. The second kappa shape index (κ2) is 11.8. The Bertz CT molecular complexity index is 1200. The normalized spacial score (nSPS) is 22.0. The lowest BCUT2D eigenvalue weighted by Crippen LogP contribution is -2.59. The largest absolute Gasteiger partial charge is 0.382 e. The van der Waals surface area contributed by atoms with Gasteiger partial charge in [0, 0.05) is 55.9 Å². The van der Waals surface area contributed by atoms with Gasteiger partial charge in [0.15, 0.2) is 22.5 Å². The Labute approximate surface area is 239 Å². The van der Waals surface area contributed by atoms with E-state index in [1.54, 1.807) is 0 Å². The number of carbonyl (C=O) groups excluding carboxylic acids is 2. The Balaban J connectivity index is 1.24. The molecule has 2 saturated heterocycles. The highest BCUT2D eigenvalue weighted by Crippen LogP contribution is 2.32. The number of hydrogen-bond donors (Lipinski definition) is 3. The van der Waals surface area contributed by atoms with Gasteiger partial charge in [-0.3, -0.25) is 19.4 Å². The molecule has 0 spiro atoms. The Kier molecular flexibility index (Phi) is 8.46. The first-order valence-electron chi connectivity index (χ1n) is 13.7. The molecule has 3 aliphatic rings. The van der Waals surface area contributed by atoms with Crippen molar-refractivity contribution in [2.75, 3.05) is 43.4 Å². The van der Waals surface area contributed by atoms with E-state index in [2.05, 4.69) is 36.9 Å². The second-order valence-electron chi connectivity index (χ2n) is 10.7. The number of likely N-dealkylation sites (tertiary alicyclic amines) is 1. The number of piperidine rings is 1. The van der Waals surface area contributed by atoms with Crippen LogP contribution in [0.15, 0.2) is 24.3 Å². The van der Waals surface area contributed by atoms with Crippen molar-refractivity contribution in [2.45, 2.75) is 63.2 Å². The van der Waals surface area contributed by atoms with Crippen molar-refractivity contribution < 1.29 is 9.59 Å². The molecule has 2 aromatic rings. The third-order valence-electron chi connectivity index (χ3n) is 8.09. The van der Waals surface area contributed by atoms with E-state index in [4.69, 9.17) is 34.7 Å². The summed E-state index contributed by atoms with van der Waals surface area (Å²) in [4.78, 5) is 40.3. The summed E-state index contributed by atoms with van der Waals surface area (Å²) in [6.45, 7) is 6.17. The van der Waals surface area contributed by atoms with Crippen LogP contribution in [0.5, 0.6) is 0 Å². The molecule has 1 aliphatic carbocycles. The van der Waals surface area contributed by atoms with E-state index in [1.165, 1.54) is 0 Å². The van der Waals surface area contributed by atoms with Crippen LogP contribution in [0.4, 0.5) is 11.6 Å². The number of nitrogens with zero attached hydrogens (tertiary/aromatic N) is 5. The minimum atomic E-state index is -0.751. The van der Waals surface area contributed by atoms with Crippen molar-refractivity contribution in [1.82, 2.24) is 25.1 Å². The first kappa shape index (κ1) is 27.9. The van der Waals surface area contributed by atoms with Gasteiger partial charge in [-0.1, -0.05) is 42.3 Å². The molecule has 210 valence electrons. The Morgan fingerprint density at radius 3 is 2.36 bits per heavy atom. The van der Waals surface area contributed by atoms with Gasteiger partial charge in [0.1, 0.15) is 6.04 Å². The van der Waals surface area contributed by atoms with Crippen molar-refractivity contribution in [3.63, 3.8) is 0 Å². The Morgan fingerprint density at radius 2 is 1.74 bits per heavy atom. The predicted octanol–water partition coefficient (Wildman–Crippen LogP) is 2.85. The summed E-state index contributed by atoms with van der Waals surface area (Å²) in [6.07, 6.45) is 5.05. The molecule has 2 aliphatic heterocycles. The first-order chi connectivity index (χ1) is 18.7. The zero-order chi connectivity index (χ0) is 27.7. The molecule has 0 radical (unpaired) electrons. The van der Waals surface area contributed by atoms with Crippen molar-refractivity contribution in [2.24, 2.45) is 5.73 Å². The molecule has 3 heterocycles. The molecule has 5 N–H and O–H groups in total. The summed E-state index contributed by atoms with van der Waals surface area (Å²) in [7, 11) is 0. The van der Waals surface area contributed by atoms with Crippen LogP contribution in [-0.2, 0) is 4.79 Å². The van der Waals surface area contributed by atoms with Gasteiger partial charge in [0.25, 0.3) is 5.91 Å². The van der Waals surface area contributed by atoms with Crippen LogP contribution in [0.3, 0.4) is 0 Å². The number of halogens is 2. The van der Waals surface area contributed by atoms with Crippen LogP contribution in [0.2, 0.25) is 10.2 Å². The molecule has 2 amide bonds. The number of primary amides is 1. The highest BCUT2D eigenvalue weighted by Gasteiger charge is 2.38. The average Bonchev–Trinajstić information content (AvgIpc) is 3.75. The maximum atomic E-state index is 13.3. The van der Waals surface area contributed by atoms with Crippen LogP contribution in [-0.4, -0.2) is 82.4 Å². The van der Waals surface area contributed by atoms with Crippen molar-refractivity contribution in [3.8, 4) is 0 Å². The number of aromatic nitrogens is 2. The number of nitrogen functional groups attached to an aromatic ring is 1. The monoisotopic (exact) mass is 574 g/mol. The molecule has 5 rings (SSSR count). The standard InChI is InChI=1S/C27H36Cl2N8O2/c1-2-19-15-36(26-23(29)33-21(25(31)38)24(30)34-26)13-14-37(19)20-9-11-35(12-10-20)22(27(39)32-18-7-8-18)16-3-5-17(28)6-4-16/h3-6,18-20,22H,2,7-15H2,1H3,(H2,30,34)(H2,31,38)(H,32,39)/t19-,22+/m0/s1. The van der Waals surface area contributed by atoms with E-state index in [0.717, 1.165) is 70.4 Å². The van der Waals surface area contributed by atoms with Gasteiger partial charge in [-0.2, -0.15) is 0 Å². The fraction of sp³-hybridized carbons (Fsp3) is 0.556. The number of amides is 2. The smallest absolute Gasteiger partial charge is 0.271 e. The molecular weight excluding hydrogens is 539 g/mol. The molecule has 1 saturated carbocycles. The summed E-state index contributed by atoms with van der Waals surface area (Å²) in [5.41, 5.74) is 12.1. The number of benzene rings is 1. The number of piperazine rings is 1. The minimum Gasteiger partial charge on any atom is -0.382 e. The van der Waals surface area contributed by atoms with E-state index < -0.39 is 5.91 Å². The van der Waals surface area contributed by atoms with Crippen molar-refractivity contribution in [3.05, 3.63) is 45.7 Å². The number of hydrogen-bond acceptors (Lipinski definition) is 8. The SMILES string of the molecule is CC[C@H]1CN(c2nc(N)c(C(N)=O)nc2Cl)CCN1C1CCN([C@@H](C(=O)NC2CC2)c2ccc(Cl)cc2)CC1. The summed E-state index contributed by atoms with van der Waals surface area (Å²) in [5.74, 6) is -0.192. The molecule has 0 unspecified atom stereocenters. The van der Waals surface area contributed by atoms with Crippen LogP contribution < -0.4 is 21.7 Å².